The summed E-state index contributed by atoms with van der Waals surface area (Å²) in [5, 5.41) is 35.4. The average molecular weight is 494 g/mol. The summed E-state index contributed by atoms with van der Waals surface area (Å²) in [6.07, 6.45) is 0.204. The monoisotopic (exact) mass is 493 g/mol. The Bertz CT molecular complexity index is 1340. The number of hydrogen-bond donors (Lipinski definition) is 6. The van der Waals surface area contributed by atoms with Crippen molar-refractivity contribution < 1.29 is 29.7 Å². The van der Waals surface area contributed by atoms with Crippen LogP contribution in [0.2, 0.25) is 0 Å². The van der Waals surface area contributed by atoms with Gasteiger partial charge in [0.1, 0.15) is 12.1 Å². The van der Waals surface area contributed by atoms with E-state index in [1.807, 2.05) is 6.07 Å². The molecule has 9 nitrogen and oxygen atoms in total. The van der Waals surface area contributed by atoms with Crippen molar-refractivity contribution in [1.29, 1.82) is 0 Å². The van der Waals surface area contributed by atoms with Crippen molar-refractivity contribution in [3.8, 4) is 5.88 Å². The summed E-state index contributed by atoms with van der Waals surface area (Å²) >= 11 is 0. The molecule has 0 fully saturated rings. The number of aromatic hydroxyl groups is 1. The minimum absolute atomic E-state index is 0.0920. The van der Waals surface area contributed by atoms with Crippen LogP contribution < -0.4 is 10.8 Å². The molecular weight excluding hydrogens is 462 g/mol. The molecule has 9 heteroatoms. The van der Waals surface area contributed by atoms with E-state index in [0.717, 1.165) is 0 Å². The Balaban J connectivity index is 1.56. The van der Waals surface area contributed by atoms with Crippen LogP contribution in [-0.2, 0) is 14.4 Å². The van der Waals surface area contributed by atoms with E-state index >= 15 is 0 Å². The molecule has 3 atom stereocenters. The van der Waals surface area contributed by atoms with Crippen molar-refractivity contribution in [2.75, 3.05) is 5.32 Å². The number of nitrogens with one attached hydrogen (secondary N) is 3. The standard InChI is InChI=1S/C27H31N3O6/c1-14(30-36-26(35)27(2,3)4)24(33)28-16-9-10-21-19(13-16)20(25(34)29-21)11-15-12-22(31)17-7-5-6-8-18(17)23(15)32/h5-11,13-14,22-23,29-32,34H,12H2,1-4H3,(H,28,33)/t14-,22?,23?/m0/s1. The van der Waals surface area contributed by atoms with Gasteiger partial charge in [-0.25, -0.2) is 4.79 Å². The molecule has 0 bridgehead atoms. The van der Waals surface area contributed by atoms with Gasteiger partial charge in [0.05, 0.1) is 11.5 Å². The molecule has 1 aliphatic carbocycles. The average Bonchev–Trinajstić information content (AvgIpc) is 3.14. The van der Waals surface area contributed by atoms with Crippen LogP contribution in [0, 0.1) is 5.41 Å². The molecule has 1 aliphatic rings. The summed E-state index contributed by atoms with van der Waals surface area (Å²) in [5.41, 5.74) is 5.17. The van der Waals surface area contributed by atoms with Gasteiger partial charge in [0, 0.05) is 28.6 Å². The number of amides is 1. The first-order chi connectivity index (χ1) is 17.0. The Hall–Kier alpha value is -3.66. The molecule has 1 aromatic heterocycles. The summed E-state index contributed by atoms with van der Waals surface area (Å²) in [7, 11) is 0. The predicted octanol–water partition coefficient (Wildman–Crippen LogP) is 3.85. The number of rotatable bonds is 5. The summed E-state index contributed by atoms with van der Waals surface area (Å²) in [6, 6.07) is 11.5. The van der Waals surface area contributed by atoms with Crippen LogP contribution in [0.1, 0.15) is 63.0 Å². The number of aliphatic hydroxyl groups excluding tert-OH is 2. The molecule has 1 heterocycles. The Kier molecular flexibility index (Phi) is 6.90. The van der Waals surface area contributed by atoms with Gasteiger partial charge < -0.3 is 30.5 Å². The largest absolute Gasteiger partial charge is 0.494 e. The quantitative estimate of drug-likeness (QED) is 0.296. The predicted molar refractivity (Wildman–Crippen MR) is 136 cm³/mol. The molecule has 0 saturated heterocycles. The molecule has 0 saturated carbocycles. The Morgan fingerprint density at radius 1 is 1.14 bits per heavy atom. The maximum Gasteiger partial charge on any atom is 0.330 e. The first kappa shape index (κ1) is 25.4. The van der Waals surface area contributed by atoms with Crippen molar-refractivity contribution in [3.63, 3.8) is 0 Å². The fourth-order valence-electron chi connectivity index (χ4n) is 4.05. The van der Waals surface area contributed by atoms with E-state index in [2.05, 4.69) is 15.8 Å². The van der Waals surface area contributed by atoms with Crippen molar-refractivity contribution >= 4 is 34.5 Å². The van der Waals surface area contributed by atoms with Crippen LogP contribution in [0.5, 0.6) is 5.88 Å². The fraction of sp³-hybridized carbons (Fsp3) is 0.333. The normalized spacial score (nSPS) is 19.7. The number of benzene rings is 2. The number of aliphatic hydroxyl groups is 2. The molecule has 36 heavy (non-hydrogen) atoms. The molecule has 190 valence electrons. The van der Waals surface area contributed by atoms with E-state index in [9.17, 15) is 24.9 Å². The number of anilines is 1. The second kappa shape index (κ2) is 9.77. The van der Waals surface area contributed by atoms with Crippen LogP contribution in [0.15, 0.2) is 48.0 Å². The third-order valence-electron chi connectivity index (χ3n) is 6.18. The number of aromatic nitrogens is 1. The smallest absolute Gasteiger partial charge is 0.330 e. The van der Waals surface area contributed by atoms with Gasteiger partial charge in [-0.05, 0) is 68.7 Å². The third-order valence-corrected chi connectivity index (χ3v) is 6.18. The minimum Gasteiger partial charge on any atom is -0.494 e. The molecule has 0 radical (unpaired) electrons. The number of carbonyl (C=O) groups is 2. The maximum atomic E-state index is 12.6. The number of hydrogen-bond acceptors (Lipinski definition) is 7. The Morgan fingerprint density at radius 3 is 2.53 bits per heavy atom. The van der Waals surface area contributed by atoms with Crippen LogP contribution >= 0.6 is 0 Å². The summed E-state index contributed by atoms with van der Waals surface area (Å²) < 4.78 is 0. The molecule has 6 N–H and O–H groups in total. The van der Waals surface area contributed by atoms with Crippen molar-refractivity contribution in [3.05, 3.63) is 64.7 Å². The van der Waals surface area contributed by atoms with E-state index < -0.39 is 35.5 Å². The van der Waals surface area contributed by atoms with Gasteiger partial charge in [0.2, 0.25) is 5.91 Å². The van der Waals surface area contributed by atoms with Gasteiger partial charge in [0.25, 0.3) is 0 Å². The highest BCUT2D eigenvalue weighted by atomic mass is 16.7. The zero-order valence-corrected chi connectivity index (χ0v) is 20.6. The maximum absolute atomic E-state index is 12.6. The van der Waals surface area contributed by atoms with Gasteiger partial charge in [-0.15, -0.1) is 5.48 Å². The molecule has 0 spiro atoms. The van der Waals surface area contributed by atoms with Crippen LogP contribution in [0.25, 0.3) is 17.0 Å². The Morgan fingerprint density at radius 2 is 1.83 bits per heavy atom. The van der Waals surface area contributed by atoms with Gasteiger partial charge in [-0.2, -0.15) is 0 Å². The zero-order valence-electron chi connectivity index (χ0n) is 20.6. The van der Waals surface area contributed by atoms with E-state index in [-0.39, 0.29) is 12.3 Å². The molecule has 3 aromatic rings. The molecular formula is C27H31N3O6. The van der Waals surface area contributed by atoms with Gasteiger partial charge in [-0.1, -0.05) is 24.3 Å². The molecule has 2 aromatic carbocycles. The second-order valence-corrected chi connectivity index (χ2v) is 10.1. The molecule has 1 amide bonds. The Labute approximate surface area is 208 Å². The number of aromatic amines is 1. The number of H-pyrrole nitrogens is 1. The molecule has 0 aliphatic heterocycles. The zero-order chi connectivity index (χ0) is 26.2. The van der Waals surface area contributed by atoms with Crippen LogP contribution in [0.4, 0.5) is 5.69 Å². The minimum atomic E-state index is -0.917. The van der Waals surface area contributed by atoms with Gasteiger partial charge in [-0.3, -0.25) is 4.79 Å². The first-order valence-electron chi connectivity index (χ1n) is 11.7. The fourth-order valence-corrected chi connectivity index (χ4v) is 4.05. The van der Waals surface area contributed by atoms with E-state index in [0.29, 0.717) is 38.9 Å². The highest BCUT2D eigenvalue weighted by molar-refractivity contribution is 5.99. The van der Waals surface area contributed by atoms with Crippen LogP contribution in [0.3, 0.4) is 0 Å². The summed E-state index contributed by atoms with van der Waals surface area (Å²) in [5.74, 6) is -0.995. The molecule has 2 unspecified atom stereocenters. The molecule has 4 rings (SSSR count). The summed E-state index contributed by atoms with van der Waals surface area (Å²) in [6.45, 7) is 6.70. The van der Waals surface area contributed by atoms with E-state index in [4.69, 9.17) is 4.84 Å². The second-order valence-electron chi connectivity index (χ2n) is 10.1. The van der Waals surface area contributed by atoms with Crippen molar-refractivity contribution in [2.24, 2.45) is 5.41 Å². The van der Waals surface area contributed by atoms with Crippen molar-refractivity contribution in [2.45, 2.75) is 52.4 Å². The highest BCUT2D eigenvalue weighted by Crippen LogP contribution is 2.42. The highest BCUT2D eigenvalue weighted by Gasteiger charge is 2.29. The van der Waals surface area contributed by atoms with Crippen LogP contribution in [-0.4, -0.2) is 38.2 Å². The van der Waals surface area contributed by atoms with Gasteiger partial charge >= 0.3 is 5.97 Å². The third kappa shape index (κ3) is 5.13. The van der Waals surface area contributed by atoms with Crippen molar-refractivity contribution in [1.82, 2.24) is 10.5 Å². The van der Waals surface area contributed by atoms with E-state index in [1.54, 1.807) is 70.2 Å². The summed E-state index contributed by atoms with van der Waals surface area (Å²) in [4.78, 5) is 32.5. The van der Waals surface area contributed by atoms with Gasteiger partial charge in [0.15, 0.2) is 5.88 Å². The SMILES string of the molecule is C[C@H](NOC(=O)C(C)(C)C)C(=O)Nc1ccc2[nH]c(O)c(C=C3CC(O)c4ccccc4C3O)c2c1. The first-order valence-corrected chi connectivity index (χ1v) is 11.7. The topological polar surface area (TPSA) is 144 Å². The number of fused-ring (bicyclic) bond motifs is 2. The number of hydroxylamine groups is 1. The lowest BCUT2D eigenvalue weighted by Crippen LogP contribution is -2.41. The lowest BCUT2D eigenvalue weighted by molar-refractivity contribution is -0.163. The lowest BCUT2D eigenvalue weighted by Gasteiger charge is -2.28. The lowest BCUT2D eigenvalue weighted by atomic mass is 9.83. The number of carbonyl (C=O) groups excluding carboxylic acids is 2. The van der Waals surface area contributed by atoms with E-state index in [1.165, 1.54) is 0 Å².